The van der Waals surface area contributed by atoms with Crippen molar-refractivity contribution in [3.8, 4) is 18.1 Å². The molecule has 101 valence electrons. The first-order valence-electron chi connectivity index (χ1n) is 5.82. The topological polar surface area (TPSA) is 29.5 Å². The Labute approximate surface area is 152 Å². The summed E-state index contributed by atoms with van der Waals surface area (Å²) in [6.07, 6.45) is 8.94. The Morgan fingerprint density at radius 3 is 2.75 bits per heavy atom. The van der Waals surface area contributed by atoms with Gasteiger partial charge in [0.25, 0.3) is 0 Å². The summed E-state index contributed by atoms with van der Waals surface area (Å²) in [7, 11) is 1.75. The van der Waals surface area contributed by atoms with Crippen molar-refractivity contribution >= 4 is 27.5 Å². The van der Waals surface area contributed by atoms with Crippen molar-refractivity contribution in [1.29, 1.82) is 0 Å². The number of ether oxygens (including phenoxy) is 1. The van der Waals surface area contributed by atoms with E-state index in [-0.39, 0.29) is 50.1 Å². The molecule has 1 atom stereocenters. The Balaban J connectivity index is 0.00000200. The van der Waals surface area contributed by atoms with Gasteiger partial charge in [-0.1, -0.05) is 28.3 Å². The fraction of sp³-hybridized carbons (Fsp3) is 0.267. The Morgan fingerprint density at radius 2 is 2.15 bits per heavy atom. The average Bonchev–Trinajstić information content (AvgIpc) is 2.44. The van der Waals surface area contributed by atoms with Gasteiger partial charge in [0.1, 0.15) is 12.4 Å². The molecule has 0 N–H and O–H groups in total. The molecule has 5 heteroatoms. The Morgan fingerprint density at radius 1 is 1.50 bits per heavy atom. The second-order valence-corrected chi connectivity index (χ2v) is 5.22. The van der Waals surface area contributed by atoms with Crippen molar-refractivity contribution in [3.05, 3.63) is 35.9 Å². The zero-order valence-corrected chi connectivity index (χ0v) is 15.5. The molecule has 1 radical (unpaired) electrons. The van der Waals surface area contributed by atoms with Crippen LogP contribution in [0, 0.1) is 18.4 Å². The third-order valence-electron chi connectivity index (χ3n) is 2.83. The van der Waals surface area contributed by atoms with Crippen LogP contribution in [0.4, 0.5) is 0 Å². The van der Waals surface area contributed by atoms with Crippen LogP contribution in [0.2, 0.25) is 0 Å². The van der Waals surface area contributed by atoms with E-state index in [4.69, 9.17) is 11.2 Å². The van der Waals surface area contributed by atoms with Crippen LogP contribution in [0.15, 0.2) is 24.3 Å². The van der Waals surface area contributed by atoms with E-state index in [0.29, 0.717) is 12.2 Å². The number of nitrogens with zero attached hydrogens (tertiary/aromatic N) is 1. The van der Waals surface area contributed by atoms with Gasteiger partial charge in [0.05, 0.1) is 4.83 Å². The average molecular weight is 408 g/mol. The number of terminal acetylenes is 1. The predicted octanol–water partition coefficient (Wildman–Crippen LogP) is 2.47. The number of carbonyl (C=O) groups excluding carboxylic acids is 1. The minimum absolute atomic E-state index is 0. The van der Waals surface area contributed by atoms with Gasteiger partial charge in [-0.05, 0) is 12.1 Å². The van der Waals surface area contributed by atoms with Gasteiger partial charge in [0.2, 0.25) is 5.91 Å². The van der Waals surface area contributed by atoms with Gasteiger partial charge >= 0.3 is 0 Å². The number of allylic oxidation sites excluding steroid dienone is 1. The molecule has 0 spiro atoms. The van der Waals surface area contributed by atoms with Crippen LogP contribution < -0.4 is 4.74 Å². The van der Waals surface area contributed by atoms with Crippen molar-refractivity contribution in [2.45, 2.75) is 11.2 Å². The summed E-state index contributed by atoms with van der Waals surface area (Å²) in [6.45, 7) is 0.248. The standard InChI is InChI=1S/C15H13BrNO2.Y/c1-3-10-19-12-6-4-11(5-7-12)14-9-8-13(16)15(18)17(14)2;/h1,4-7,13H,8,10H2,2H3;/q-1;. The summed E-state index contributed by atoms with van der Waals surface area (Å²) < 4.78 is 5.31. The third kappa shape index (κ3) is 3.94. The number of carbonyl (C=O) groups is 1. The molecule has 1 aromatic carbocycles. The maximum Gasteiger partial charge on any atom is 0.236 e. The Bertz CT molecular complexity index is 548. The summed E-state index contributed by atoms with van der Waals surface area (Å²) in [5, 5.41) is 0. The van der Waals surface area contributed by atoms with Crippen LogP contribution in [-0.2, 0) is 37.5 Å². The second kappa shape index (κ2) is 7.97. The van der Waals surface area contributed by atoms with Crippen LogP contribution in [0.3, 0.4) is 0 Å². The molecule has 1 aliphatic rings. The maximum absolute atomic E-state index is 11.9. The minimum Gasteiger partial charge on any atom is -0.481 e. The maximum atomic E-state index is 11.9. The predicted molar refractivity (Wildman–Crippen MR) is 77.5 cm³/mol. The van der Waals surface area contributed by atoms with Crippen LogP contribution in [0.1, 0.15) is 12.0 Å². The monoisotopic (exact) mass is 407 g/mol. The summed E-state index contributed by atoms with van der Waals surface area (Å²) in [4.78, 5) is 13.3. The van der Waals surface area contributed by atoms with E-state index >= 15 is 0 Å². The molecule has 3 nitrogen and oxygen atoms in total. The molecule has 0 saturated carbocycles. The number of rotatable bonds is 3. The molecule has 0 bridgehead atoms. The molecule has 0 saturated heterocycles. The zero-order valence-electron chi connectivity index (χ0n) is 11.1. The van der Waals surface area contributed by atoms with E-state index < -0.39 is 0 Å². The molecule has 1 unspecified atom stereocenters. The normalized spacial score (nSPS) is 17.9. The summed E-state index contributed by atoms with van der Waals surface area (Å²) in [6, 6.07) is 7.46. The van der Waals surface area contributed by atoms with Crippen molar-refractivity contribution in [3.63, 3.8) is 0 Å². The quantitative estimate of drug-likeness (QED) is 0.437. The van der Waals surface area contributed by atoms with Crippen LogP contribution in [-0.4, -0.2) is 29.3 Å². The van der Waals surface area contributed by atoms with Gasteiger partial charge in [0.15, 0.2) is 0 Å². The molecule has 1 heterocycles. The molecule has 1 aromatic rings. The van der Waals surface area contributed by atoms with E-state index in [0.717, 1.165) is 11.3 Å². The smallest absolute Gasteiger partial charge is 0.236 e. The first-order chi connectivity index (χ1) is 9.13. The molecule has 1 aliphatic heterocycles. The number of benzene rings is 1. The van der Waals surface area contributed by atoms with Gasteiger partial charge < -0.3 is 9.64 Å². The number of hydrogen-bond donors (Lipinski definition) is 0. The second-order valence-electron chi connectivity index (χ2n) is 4.11. The molecule has 20 heavy (non-hydrogen) atoms. The van der Waals surface area contributed by atoms with Crippen molar-refractivity contribution in [2.75, 3.05) is 13.7 Å². The summed E-state index contributed by atoms with van der Waals surface area (Å²) in [5.41, 5.74) is 1.73. The van der Waals surface area contributed by atoms with Crippen LogP contribution in [0.25, 0.3) is 5.70 Å². The van der Waals surface area contributed by atoms with E-state index in [1.54, 1.807) is 11.9 Å². The molecule has 0 aliphatic carbocycles. The van der Waals surface area contributed by atoms with Crippen LogP contribution >= 0.6 is 15.9 Å². The largest absolute Gasteiger partial charge is 0.481 e. The van der Waals surface area contributed by atoms with Crippen LogP contribution in [0.5, 0.6) is 5.75 Å². The van der Waals surface area contributed by atoms with Gasteiger partial charge in [-0.25, -0.2) is 6.08 Å². The van der Waals surface area contributed by atoms with Gasteiger partial charge in [-0.15, -0.1) is 24.3 Å². The first-order valence-corrected chi connectivity index (χ1v) is 6.74. The van der Waals surface area contributed by atoms with Crippen molar-refractivity contribution in [1.82, 2.24) is 4.90 Å². The number of halogens is 1. The molecule has 1 amide bonds. The molecule has 0 aromatic heterocycles. The molecular weight excluding hydrogens is 395 g/mol. The van der Waals surface area contributed by atoms with Crippen molar-refractivity contribution < 1.29 is 42.2 Å². The Hall–Kier alpha value is -0.626. The minimum atomic E-state index is -0.181. The summed E-state index contributed by atoms with van der Waals surface area (Å²) >= 11 is 3.33. The third-order valence-corrected chi connectivity index (χ3v) is 3.55. The fourth-order valence-corrected chi connectivity index (χ4v) is 2.31. The summed E-state index contributed by atoms with van der Waals surface area (Å²) in [5.74, 6) is 3.17. The van der Waals surface area contributed by atoms with E-state index in [1.165, 1.54) is 0 Å². The molecule has 2 rings (SSSR count). The Kier molecular flexibility index (Phi) is 6.95. The van der Waals surface area contributed by atoms with E-state index in [9.17, 15) is 4.79 Å². The fourth-order valence-electron chi connectivity index (χ4n) is 1.84. The first kappa shape index (κ1) is 17.4. The van der Waals surface area contributed by atoms with Gasteiger partial charge in [-0.2, -0.15) is 5.56 Å². The SMILES string of the molecule is C#CCOc1ccc(C2=[C-]CC(Br)C(=O)N2C)cc1.[Y]. The zero-order chi connectivity index (χ0) is 13.8. The number of hydrogen-bond acceptors (Lipinski definition) is 2. The van der Waals surface area contributed by atoms with Crippen molar-refractivity contribution in [2.24, 2.45) is 0 Å². The van der Waals surface area contributed by atoms with Gasteiger partial charge in [-0.3, -0.25) is 4.79 Å². The molecule has 0 fully saturated rings. The van der Waals surface area contributed by atoms with Gasteiger partial charge in [0, 0.05) is 39.8 Å². The van der Waals surface area contributed by atoms with E-state index in [2.05, 4.69) is 27.9 Å². The van der Waals surface area contributed by atoms with E-state index in [1.807, 2.05) is 24.3 Å². The number of amides is 1. The number of alkyl halides is 1. The molecular formula is C15H13BrNO2Y-.